The molecule has 0 radical (unpaired) electrons. The van der Waals surface area contributed by atoms with E-state index < -0.39 is 11.1 Å². The fraction of sp³-hybridized carbons (Fsp3) is 0.182. The fourth-order valence-electron chi connectivity index (χ4n) is 3.21. The summed E-state index contributed by atoms with van der Waals surface area (Å²) < 4.78 is 51.8. The zero-order chi connectivity index (χ0) is 20.6. The third kappa shape index (κ3) is 3.88. The summed E-state index contributed by atoms with van der Waals surface area (Å²) in [5.41, 5.74) is 2.10. The molecule has 1 N–H and O–H groups in total. The Kier molecular flexibility index (Phi) is 5.10. The number of ether oxygens (including phenoxy) is 1. The van der Waals surface area contributed by atoms with Gasteiger partial charge in [0.05, 0.1) is 0 Å². The molecule has 0 atom stereocenters. The topological polar surface area (TPSA) is 42.6 Å². The van der Waals surface area contributed by atoms with Gasteiger partial charge in [0.15, 0.2) is 0 Å². The Morgan fingerprint density at radius 1 is 1.07 bits per heavy atom. The van der Waals surface area contributed by atoms with Gasteiger partial charge in [0.1, 0.15) is 35.2 Å². The highest BCUT2D eigenvalue weighted by Gasteiger charge is 2.36. The van der Waals surface area contributed by atoms with Crippen LogP contribution in [0.2, 0.25) is 0 Å². The number of furan rings is 1. The Bertz CT molecular complexity index is 1140. The van der Waals surface area contributed by atoms with Crippen LogP contribution < -0.4 is 4.74 Å². The van der Waals surface area contributed by atoms with Gasteiger partial charge in [-0.3, -0.25) is 0 Å². The smallest absolute Gasteiger partial charge is 0.426 e. The van der Waals surface area contributed by atoms with Gasteiger partial charge < -0.3 is 14.3 Å². The maximum Gasteiger partial charge on any atom is 0.426 e. The minimum absolute atomic E-state index is 0.0125. The number of aliphatic hydroxyl groups excluding tert-OH is 1. The lowest BCUT2D eigenvalue weighted by Crippen LogP contribution is -2.03. The van der Waals surface area contributed by atoms with E-state index in [9.17, 15) is 18.3 Å². The first-order chi connectivity index (χ1) is 13.9. The molecule has 29 heavy (non-hydrogen) atoms. The van der Waals surface area contributed by atoms with Crippen LogP contribution in [-0.4, -0.2) is 5.11 Å². The van der Waals surface area contributed by atoms with E-state index in [0.29, 0.717) is 38.9 Å². The number of rotatable bonds is 5. The lowest BCUT2D eigenvalue weighted by molar-refractivity contribution is -0.133. The van der Waals surface area contributed by atoms with Gasteiger partial charge in [0, 0.05) is 27.5 Å². The molecule has 4 rings (SSSR count). The van der Waals surface area contributed by atoms with Crippen molar-refractivity contribution in [2.45, 2.75) is 26.3 Å². The van der Waals surface area contributed by atoms with Gasteiger partial charge >= 0.3 is 6.18 Å². The normalized spacial score (nSPS) is 11.9. The van der Waals surface area contributed by atoms with Gasteiger partial charge in [-0.05, 0) is 30.7 Å². The first-order valence-electron chi connectivity index (χ1n) is 8.88. The van der Waals surface area contributed by atoms with Gasteiger partial charge in [-0.25, -0.2) is 0 Å². The maximum atomic E-state index is 13.5. The van der Waals surface area contributed by atoms with Gasteiger partial charge in [0.2, 0.25) is 0 Å². The molecule has 2 aromatic heterocycles. The number of aliphatic hydroxyl groups is 1. The van der Waals surface area contributed by atoms with Gasteiger partial charge in [-0.1, -0.05) is 30.3 Å². The van der Waals surface area contributed by atoms with Crippen LogP contribution in [0.25, 0.3) is 22.1 Å². The molecule has 0 spiro atoms. The molecule has 150 valence electrons. The molecule has 4 aromatic rings. The maximum absolute atomic E-state index is 13.5. The van der Waals surface area contributed by atoms with E-state index in [0.717, 1.165) is 10.9 Å². The fourth-order valence-corrected chi connectivity index (χ4v) is 4.17. The summed E-state index contributed by atoms with van der Waals surface area (Å²) in [6.07, 6.45) is -4.43. The molecule has 0 saturated carbocycles. The Balaban J connectivity index is 1.60. The van der Waals surface area contributed by atoms with Crippen molar-refractivity contribution < 1.29 is 27.4 Å². The Morgan fingerprint density at radius 3 is 2.52 bits per heavy atom. The van der Waals surface area contributed by atoms with Crippen LogP contribution in [-0.2, 0) is 19.4 Å². The summed E-state index contributed by atoms with van der Waals surface area (Å²) in [6.45, 7) is 1.67. The van der Waals surface area contributed by atoms with E-state index in [1.807, 2.05) is 13.0 Å². The molecule has 2 heterocycles. The van der Waals surface area contributed by atoms with Crippen LogP contribution in [0.4, 0.5) is 13.2 Å². The number of hydrogen-bond donors (Lipinski definition) is 1. The number of benzene rings is 2. The average molecular weight is 418 g/mol. The number of fused-ring (bicyclic) bond motifs is 1. The zero-order valence-electron chi connectivity index (χ0n) is 15.4. The van der Waals surface area contributed by atoms with E-state index in [-0.39, 0.29) is 18.8 Å². The number of thiophene rings is 1. The SMILES string of the molecule is Cc1c(CO)oc2cc(OCc3cc(-c4ccccc4)c(C(F)(F)F)s3)ccc12. The highest BCUT2D eigenvalue weighted by molar-refractivity contribution is 7.12. The largest absolute Gasteiger partial charge is 0.488 e. The number of alkyl halides is 3. The van der Waals surface area contributed by atoms with Crippen molar-refractivity contribution in [3.05, 3.63) is 75.7 Å². The zero-order valence-corrected chi connectivity index (χ0v) is 16.2. The Morgan fingerprint density at radius 2 is 1.83 bits per heavy atom. The second kappa shape index (κ2) is 7.57. The van der Waals surface area contributed by atoms with E-state index in [1.54, 1.807) is 42.5 Å². The third-order valence-corrected chi connectivity index (χ3v) is 5.81. The predicted octanol–water partition coefficient (Wildman–Crippen LogP) is 6.56. The molecule has 7 heteroatoms. The van der Waals surface area contributed by atoms with Crippen LogP contribution in [0.3, 0.4) is 0 Å². The summed E-state index contributed by atoms with van der Waals surface area (Å²) in [5.74, 6) is 0.969. The standard InChI is InChI=1S/C22H17F3O3S/c1-13-17-8-7-15(9-19(17)28-20(13)11-26)27-12-16-10-18(14-5-3-2-4-6-14)21(29-16)22(23,24)25/h2-10,26H,11-12H2,1H3. The average Bonchev–Trinajstić information content (AvgIpc) is 3.28. The number of hydrogen-bond acceptors (Lipinski definition) is 4. The highest BCUT2D eigenvalue weighted by atomic mass is 32.1. The molecule has 0 fully saturated rings. The monoisotopic (exact) mass is 418 g/mol. The van der Waals surface area contributed by atoms with Crippen molar-refractivity contribution in [1.82, 2.24) is 0 Å². The van der Waals surface area contributed by atoms with Crippen LogP contribution in [0.1, 0.15) is 21.1 Å². The van der Waals surface area contributed by atoms with Crippen molar-refractivity contribution in [2.75, 3.05) is 0 Å². The highest BCUT2D eigenvalue weighted by Crippen LogP contribution is 2.43. The molecule has 3 nitrogen and oxygen atoms in total. The minimum atomic E-state index is -4.43. The molecule has 0 saturated heterocycles. The van der Waals surface area contributed by atoms with Crippen molar-refractivity contribution in [3.63, 3.8) is 0 Å². The Hall–Kier alpha value is -2.77. The van der Waals surface area contributed by atoms with E-state index in [1.165, 1.54) is 6.07 Å². The number of halogens is 3. The van der Waals surface area contributed by atoms with Crippen LogP contribution in [0.5, 0.6) is 5.75 Å². The van der Waals surface area contributed by atoms with Crippen LogP contribution in [0, 0.1) is 6.92 Å². The minimum Gasteiger partial charge on any atom is -0.488 e. The van der Waals surface area contributed by atoms with Crippen LogP contribution >= 0.6 is 11.3 Å². The van der Waals surface area contributed by atoms with Crippen molar-refractivity contribution in [3.8, 4) is 16.9 Å². The van der Waals surface area contributed by atoms with Gasteiger partial charge in [0.25, 0.3) is 0 Å². The van der Waals surface area contributed by atoms with Crippen molar-refractivity contribution in [2.24, 2.45) is 0 Å². The second-order valence-electron chi connectivity index (χ2n) is 6.57. The molecule has 0 amide bonds. The summed E-state index contributed by atoms with van der Waals surface area (Å²) in [4.78, 5) is -0.157. The lowest BCUT2D eigenvalue weighted by Gasteiger charge is -2.07. The quantitative estimate of drug-likeness (QED) is 0.399. The van der Waals surface area contributed by atoms with E-state index in [2.05, 4.69) is 0 Å². The van der Waals surface area contributed by atoms with E-state index in [4.69, 9.17) is 9.15 Å². The van der Waals surface area contributed by atoms with Crippen molar-refractivity contribution >= 4 is 22.3 Å². The van der Waals surface area contributed by atoms with Gasteiger partial charge in [-0.2, -0.15) is 13.2 Å². The first kappa shape index (κ1) is 19.5. The van der Waals surface area contributed by atoms with Crippen molar-refractivity contribution in [1.29, 1.82) is 0 Å². The summed E-state index contributed by atoms with van der Waals surface area (Å²) in [5, 5.41) is 10.2. The third-order valence-electron chi connectivity index (χ3n) is 4.66. The molecule has 0 aliphatic rings. The first-order valence-corrected chi connectivity index (χ1v) is 9.69. The summed E-state index contributed by atoms with van der Waals surface area (Å²) >= 11 is 0.688. The van der Waals surface area contributed by atoms with Crippen LogP contribution in [0.15, 0.2) is 59.0 Å². The molecule has 0 bridgehead atoms. The predicted molar refractivity (Wildman–Crippen MR) is 106 cm³/mol. The lowest BCUT2D eigenvalue weighted by atomic mass is 10.1. The molecular formula is C22H17F3O3S. The molecule has 0 unspecified atom stereocenters. The molecule has 0 aliphatic heterocycles. The van der Waals surface area contributed by atoms with Gasteiger partial charge in [-0.15, -0.1) is 11.3 Å². The Labute approximate surface area is 169 Å². The summed E-state index contributed by atoms with van der Waals surface area (Å²) in [6, 6.07) is 15.3. The molecular weight excluding hydrogens is 401 g/mol. The second-order valence-corrected chi connectivity index (χ2v) is 7.71. The number of aryl methyl sites for hydroxylation is 1. The molecule has 2 aromatic carbocycles. The molecule has 0 aliphatic carbocycles. The summed E-state index contributed by atoms with van der Waals surface area (Å²) in [7, 11) is 0. The van der Waals surface area contributed by atoms with E-state index >= 15 is 0 Å².